The lowest BCUT2D eigenvalue weighted by Gasteiger charge is -2.31. The monoisotopic (exact) mass is 463 g/mol. The van der Waals surface area contributed by atoms with Crippen molar-refractivity contribution in [2.24, 2.45) is 0 Å². The summed E-state index contributed by atoms with van der Waals surface area (Å²) in [4.78, 5) is 18.1. The van der Waals surface area contributed by atoms with Gasteiger partial charge in [-0.2, -0.15) is 5.01 Å². The summed E-state index contributed by atoms with van der Waals surface area (Å²) in [5, 5.41) is 1.85. The van der Waals surface area contributed by atoms with Gasteiger partial charge in [-0.15, -0.1) is 0 Å². The molecule has 1 atom stereocenters. The molecule has 0 saturated heterocycles. The fraction of sp³-hybridized carbons (Fsp3) is 0.103. The number of hydrogen-bond acceptors (Lipinski definition) is 5. The first-order chi connectivity index (χ1) is 17.2. The molecule has 1 heterocycles. The van der Waals surface area contributed by atoms with Gasteiger partial charge in [0.25, 0.3) is 5.91 Å². The summed E-state index contributed by atoms with van der Waals surface area (Å²) in [7, 11) is 1.64. The van der Waals surface area contributed by atoms with E-state index in [2.05, 4.69) is 5.43 Å². The molecule has 0 spiro atoms. The minimum atomic E-state index is -0.485. The second-order valence-electron chi connectivity index (χ2n) is 8.08. The predicted octanol–water partition coefficient (Wildman–Crippen LogP) is 5.77. The molecule has 0 saturated carbocycles. The first-order valence-corrected chi connectivity index (χ1v) is 11.4. The molecular formula is C29H25N3O3. The third kappa shape index (κ3) is 4.93. The van der Waals surface area contributed by atoms with Gasteiger partial charge in [0, 0.05) is 17.7 Å². The molecule has 1 amide bonds. The van der Waals surface area contributed by atoms with Crippen LogP contribution in [0.15, 0.2) is 114 Å². The maximum Gasteiger partial charge on any atom is 0.265 e. The number of para-hydroxylation sites is 3. The van der Waals surface area contributed by atoms with Gasteiger partial charge in [0.1, 0.15) is 17.3 Å². The van der Waals surface area contributed by atoms with Gasteiger partial charge in [0.05, 0.1) is 7.11 Å². The van der Waals surface area contributed by atoms with Crippen molar-refractivity contribution >= 4 is 17.0 Å². The molecule has 5 rings (SSSR count). The third-order valence-electron chi connectivity index (χ3n) is 5.79. The zero-order valence-electron chi connectivity index (χ0n) is 19.3. The Morgan fingerprint density at radius 1 is 0.886 bits per heavy atom. The first kappa shape index (κ1) is 22.4. The number of carbonyl (C=O) groups excluding carboxylic acids is 1. The Balaban J connectivity index is 1.61. The lowest BCUT2D eigenvalue weighted by atomic mass is 10.1. The molecule has 0 unspecified atom stereocenters. The molecule has 1 N–H and O–H groups in total. The molecule has 6 nitrogen and oxygen atoms in total. The fourth-order valence-electron chi connectivity index (χ4n) is 4.10. The summed E-state index contributed by atoms with van der Waals surface area (Å²) in [6.07, 6.45) is 0. The number of hydrogen-bond donors (Lipinski definition) is 1. The average molecular weight is 464 g/mol. The molecule has 0 aliphatic carbocycles. The Morgan fingerprint density at radius 2 is 1.54 bits per heavy atom. The van der Waals surface area contributed by atoms with E-state index in [1.54, 1.807) is 19.2 Å². The summed E-state index contributed by atoms with van der Waals surface area (Å²) in [6, 6.07) is 34.0. The largest absolute Gasteiger partial charge is 0.496 e. The Bertz CT molecular complexity index is 1380. The van der Waals surface area contributed by atoms with Gasteiger partial charge in [0.15, 0.2) is 5.58 Å². The van der Waals surface area contributed by atoms with Crippen molar-refractivity contribution in [3.8, 4) is 5.75 Å². The van der Waals surface area contributed by atoms with Crippen molar-refractivity contribution in [1.82, 2.24) is 15.4 Å². The van der Waals surface area contributed by atoms with Crippen LogP contribution in [0.2, 0.25) is 0 Å². The van der Waals surface area contributed by atoms with Crippen molar-refractivity contribution in [3.05, 3.63) is 132 Å². The number of oxazole rings is 1. The van der Waals surface area contributed by atoms with Crippen molar-refractivity contribution in [1.29, 1.82) is 0 Å². The number of fused-ring (bicyclic) bond motifs is 1. The number of amides is 1. The van der Waals surface area contributed by atoms with Crippen molar-refractivity contribution in [3.63, 3.8) is 0 Å². The van der Waals surface area contributed by atoms with Crippen LogP contribution in [0.1, 0.15) is 33.4 Å². The zero-order valence-corrected chi connectivity index (χ0v) is 19.3. The maximum absolute atomic E-state index is 13.3. The van der Waals surface area contributed by atoms with Gasteiger partial charge in [-0.1, -0.05) is 78.9 Å². The molecule has 35 heavy (non-hydrogen) atoms. The van der Waals surface area contributed by atoms with Crippen LogP contribution in [0, 0.1) is 0 Å². The second-order valence-corrected chi connectivity index (χ2v) is 8.08. The molecular weight excluding hydrogens is 438 g/mol. The number of carbonyl (C=O) groups is 1. The number of nitrogens with one attached hydrogen (secondary N) is 1. The van der Waals surface area contributed by atoms with Crippen LogP contribution in [0.3, 0.4) is 0 Å². The number of methoxy groups -OCH3 is 1. The van der Waals surface area contributed by atoms with Crippen LogP contribution < -0.4 is 10.2 Å². The van der Waals surface area contributed by atoms with E-state index in [9.17, 15) is 4.79 Å². The number of hydrazine groups is 1. The van der Waals surface area contributed by atoms with Gasteiger partial charge >= 0.3 is 0 Å². The molecule has 6 heteroatoms. The zero-order chi connectivity index (χ0) is 24.0. The van der Waals surface area contributed by atoms with E-state index < -0.39 is 6.04 Å². The summed E-state index contributed by atoms with van der Waals surface area (Å²) in [5.41, 5.74) is 6.97. The lowest BCUT2D eigenvalue weighted by molar-refractivity contribution is 0.0671. The minimum absolute atomic E-state index is 0.224. The highest BCUT2D eigenvalue weighted by Crippen LogP contribution is 2.32. The molecule has 0 bridgehead atoms. The topological polar surface area (TPSA) is 67.6 Å². The smallest absolute Gasteiger partial charge is 0.265 e. The number of aromatic nitrogens is 1. The van der Waals surface area contributed by atoms with Gasteiger partial charge in [0.2, 0.25) is 5.89 Å². The van der Waals surface area contributed by atoms with Crippen LogP contribution in [0.25, 0.3) is 11.1 Å². The van der Waals surface area contributed by atoms with E-state index in [4.69, 9.17) is 14.1 Å². The SMILES string of the molecule is COc1ccccc1CN(NC(=O)c1ccccc1)[C@H](c1ccccc1)c1nc2ccccc2o1. The van der Waals surface area contributed by atoms with Gasteiger partial charge in [-0.25, -0.2) is 4.98 Å². The second kappa shape index (κ2) is 10.2. The fourth-order valence-corrected chi connectivity index (χ4v) is 4.10. The summed E-state index contributed by atoms with van der Waals surface area (Å²) < 4.78 is 11.8. The molecule has 0 fully saturated rings. The van der Waals surface area contributed by atoms with E-state index in [-0.39, 0.29) is 5.91 Å². The quantitative estimate of drug-likeness (QED) is 0.296. The lowest BCUT2D eigenvalue weighted by Crippen LogP contribution is -2.44. The Labute approximate surface area is 203 Å². The number of benzene rings is 4. The van der Waals surface area contributed by atoms with E-state index in [1.165, 1.54) is 0 Å². The van der Waals surface area contributed by atoms with Crippen LogP contribution in [-0.4, -0.2) is 23.0 Å². The Kier molecular flexibility index (Phi) is 6.55. The molecule has 0 aliphatic heterocycles. The maximum atomic E-state index is 13.3. The van der Waals surface area contributed by atoms with Crippen LogP contribution in [0.5, 0.6) is 5.75 Å². The molecule has 0 radical (unpaired) electrons. The predicted molar refractivity (Wildman–Crippen MR) is 135 cm³/mol. The highest BCUT2D eigenvalue weighted by Gasteiger charge is 2.30. The highest BCUT2D eigenvalue weighted by molar-refractivity contribution is 5.93. The van der Waals surface area contributed by atoms with Crippen molar-refractivity contribution in [2.45, 2.75) is 12.6 Å². The standard InChI is InChI=1S/C29H25N3O3/c1-34-25-18-10-8-16-23(25)20-32(31-28(33)22-14-6-3-7-15-22)27(21-12-4-2-5-13-21)29-30-24-17-9-11-19-26(24)35-29/h2-19,27H,20H2,1H3,(H,31,33)/t27-/m1/s1. The summed E-state index contributed by atoms with van der Waals surface area (Å²) in [5.74, 6) is 0.994. The third-order valence-corrected chi connectivity index (χ3v) is 5.79. The van der Waals surface area contributed by atoms with E-state index >= 15 is 0 Å². The molecule has 5 aromatic rings. The Hall–Kier alpha value is -4.42. The molecule has 4 aromatic carbocycles. The van der Waals surface area contributed by atoms with Crippen molar-refractivity contribution < 1.29 is 13.9 Å². The van der Waals surface area contributed by atoms with Gasteiger partial charge in [-0.05, 0) is 35.9 Å². The van der Waals surface area contributed by atoms with Crippen LogP contribution in [0.4, 0.5) is 0 Å². The molecule has 0 aliphatic rings. The van der Waals surface area contributed by atoms with Gasteiger partial charge in [-0.3, -0.25) is 10.2 Å². The molecule has 1 aromatic heterocycles. The highest BCUT2D eigenvalue weighted by atomic mass is 16.5. The average Bonchev–Trinajstić information content (AvgIpc) is 3.34. The Morgan fingerprint density at radius 3 is 2.29 bits per heavy atom. The summed E-state index contributed by atoms with van der Waals surface area (Å²) >= 11 is 0. The van der Waals surface area contributed by atoms with Crippen LogP contribution in [-0.2, 0) is 6.54 Å². The first-order valence-electron chi connectivity index (χ1n) is 11.4. The summed E-state index contributed by atoms with van der Waals surface area (Å²) in [6.45, 7) is 0.362. The van der Waals surface area contributed by atoms with Gasteiger partial charge < -0.3 is 9.15 Å². The molecule has 174 valence electrons. The van der Waals surface area contributed by atoms with E-state index in [0.717, 1.165) is 22.4 Å². The van der Waals surface area contributed by atoms with Crippen LogP contribution >= 0.6 is 0 Å². The van der Waals surface area contributed by atoms with Crippen molar-refractivity contribution in [2.75, 3.05) is 7.11 Å². The van der Waals surface area contributed by atoms with E-state index in [0.29, 0.717) is 23.6 Å². The number of ether oxygens (including phenoxy) is 1. The number of rotatable bonds is 8. The number of nitrogens with zero attached hydrogens (tertiary/aromatic N) is 2. The minimum Gasteiger partial charge on any atom is -0.496 e. The normalized spacial score (nSPS) is 11.9. The van der Waals surface area contributed by atoms with E-state index in [1.807, 2.05) is 102 Å².